The molecule has 17 heavy (non-hydrogen) atoms. The van der Waals surface area contributed by atoms with Crippen LogP contribution in [0.25, 0.3) is 0 Å². The van der Waals surface area contributed by atoms with E-state index in [2.05, 4.69) is 36.5 Å². The van der Waals surface area contributed by atoms with Gasteiger partial charge in [-0.15, -0.1) is 0 Å². The van der Waals surface area contributed by atoms with Gasteiger partial charge in [0.05, 0.1) is 5.54 Å². The van der Waals surface area contributed by atoms with Crippen LogP contribution < -0.4 is 11.1 Å². The van der Waals surface area contributed by atoms with Crippen molar-refractivity contribution < 1.29 is 0 Å². The molecule has 0 bridgehead atoms. The predicted octanol–water partition coefficient (Wildman–Crippen LogP) is 2.64. The highest BCUT2D eigenvalue weighted by molar-refractivity contribution is 5.23. The van der Waals surface area contributed by atoms with Gasteiger partial charge >= 0.3 is 0 Å². The zero-order valence-electron chi connectivity index (χ0n) is 10.8. The minimum Gasteiger partial charge on any atom is -0.321 e. The molecule has 1 atom stereocenters. The number of nitrogens with two attached hydrogens (primary N) is 1. The maximum absolute atomic E-state index is 6.34. The van der Waals surface area contributed by atoms with Gasteiger partial charge in [-0.2, -0.15) is 0 Å². The molecule has 0 aliphatic heterocycles. The van der Waals surface area contributed by atoms with Crippen molar-refractivity contribution in [2.45, 2.75) is 38.1 Å². The Labute approximate surface area is 105 Å². The van der Waals surface area contributed by atoms with Crippen LogP contribution in [0, 0.1) is 5.92 Å². The molecule has 0 heterocycles. The van der Waals surface area contributed by atoms with E-state index in [4.69, 9.17) is 5.73 Å². The second-order valence-corrected chi connectivity index (χ2v) is 5.55. The van der Waals surface area contributed by atoms with E-state index in [9.17, 15) is 0 Å². The van der Waals surface area contributed by atoms with E-state index >= 15 is 0 Å². The fourth-order valence-corrected chi connectivity index (χ4v) is 2.36. The van der Waals surface area contributed by atoms with Gasteiger partial charge in [-0.1, -0.05) is 49.6 Å². The monoisotopic (exact) mass is 232 g/mol. The zero-order valence-corrected chi connectivity index (χ0v) is 10.8. The molecule has 1 aliphatic rings. The molecule has 1 aliphatic carbocycles. The molecule has 1 saturated carbocycles. The topological polar surface area (TPSA) is 38.0 Å². The van der Waals surface area contributed by atoms with Crippen LogP contribution in [0.1, 0.15) is 38.2 Å². The first-order valence-electron chi connectivity index (χ1n) is 6.73. The smallest absolute Gasteiger partial charge is 0.0507 e. The van der Waals surface area contributed by atoms with E-state index in [1.165, 1.54) is 31.2 Å². The summed E-state index contributed by atoms with van der Waals surface area (Å²) in [6.45, 7) is 4.05. The molecule has 1 unspecified atom stereocenters. The molecule has 0 amide bonds. The Kier molecular flexibility index (Phi) is 4.19. The Morgan fingerprint density at radius 2 is 2.00 bits per heavy atom. The van der Waals surface area contributed by atoms with Crippen molar-refractivity contribution in [1.29, 1.82) is 0 Å². The van der Waals surface area contributed by atoms with Gasteiger partial charge in [0.25, 0.3) is 0 Å². The first kappa shape index (κ1) is 12.6. The molecule has 2 nitrogen and oxygen atoms in total. The molecule has 1 fully saturated rings. The van der Waals surface area contributed by atoms with E-state index in [1.54, 1.807) is 0 Å². The summed E-state index contributed by atoms with van der Waals surface area (Å²) < 4.78 is 0. The predicted molar refractivity (Wildman–Crippen MR) is 72.8 cm³/mol. The first-order chi connectivity index (χ1) is 8.18. The third-order valence-electron chi connectivity index (χ3n) is 3.88. The van der Waals surface area contributed by atoms with Crippen LogP contribution in [0.2, 0.25) is 0 Å². The molecule has 0 spiro atoms. The van der Waals surface area contributed by atoms with Crippen molar-refractivity contribution in [3.63, 3.8) is 0 Å². The quantitative estimate of drug-likeness (QED) is 0.740. The van der Waals surface area contributed by atoms with E-state index in [0.29, 0.717) is 0 Å². The van der Waals surface area contributed by atoms with Crippen LogP contribution >= 0.6 is 0 Å². The molecule has 2 heteroatoms. The van der Waals surface area contributed by atoms with Gasteiger partial charge in [0.1, 0.15) is 0 Å². The SMILES string of the molecule is CC(N)(CNCCC1CCC1)c1ccccc1. The Morgan fingerprint density at radius 1 is 1.29 bits per heavy atom. The maximum Gasteiger partial charge on any atom is 0.0507 e. The fraction of sp³-hybridized carbons (Fsp3) is 0.600. The number of rotatable bonds is 6. The van der Waals surface area contributed by atoms with Crippen LogP contribution in [0.5, 0.6) is 0 Å². The standard InChI is InChI=1S/C15H24N2/c1-15(16,14-8-3-2-4-9-14)12-17-11-10-13-6-5-7-13/h2-4,8-9,13,17H,5-7,10-12,16H2,1H3. The van der Waals surface area contributed by atoms with Gasteiger partial charge in [-0.05, 0) is 31.4 Å². The molecule has 2 rings (SSSR count). The summed E-state index contributed by atoms with van der Waals surface area (Å²) in [5.74, 6) is 0.975. The molecule has 0 radical (unpaired) electrons. The highest BCUT2D eigenvalue weighted by Gasteiger charge is 2.21. The molecule has 0 saturated heterocycles. The lowest BCUT2D eigenvalue weighted by molar-refractivity contribution is 0.288. The Hall–Kier alpha value is -0.860. The van der Waals surface area contributed by atoms with Gasteiger partial charge in [0.15, 0.2) is 0 Å². The summed E-state index contributed by atoms with van der Waals surface area (Å²) in [4.78, 5) is 0. The highest BCUT2D eigenvalue weighted by atomic mass is 14.9. The first-order valence-corrected chi connectivity index (χ1v) is 6.73. The van der Waals surface area contributed by atoms with E-state index in [0.717, 1.165) is 19.0 Å². The Balaban J connectivity index is 1.73. The average Bonchev–Trinajstić information content (AvgIpc) is 2.27. The average molecular weight is 232 g/mol. The minimum atomic E-state index is -0.263. The lowest BCUT2D eigenvalue weighted by Gasteiger charge is -2.28. The van der Waals surface area contributed by atoms with Crippen LogP contribution in [0.15, 0.2) is 30.3 Å². The third kappa shape index (κ3) is 3.55. The lowest BCUT2D eigenvalue weighted by atomic mass is 9.83. The maximum atomic E-state index is 6.34. The van der Waals surface area contributed by atoms with Crippen molar-refractivity contribution in [3.05, 3.63) is 35.9 Å². The molecule has 1 aromatic carbocycles. The number of benzene rings is 1. The van der Waals surface area contributed by atoms with Gasteiger partial charge in [0.2, 0.25) is 0 Å². The van der Waals surface area contributed by atoms with Gasteiger partial charge < -0.3 is 11.1 Å². The van der Waals surface area contributed by atoms with Crippen molar-refractivity contribution in [3.8, 4) is 0 Å². The molecule has 0 aromatic heterocycles. The summed E-state index contributed by atoms with van der Waals surface area (Å²) in [7, 11) is 0. The van der Waals surface area contributed by atoms with E-state index in [-0.39, 0.29) is 5.54 Å². The largest absolute Gasteiger partial charge is 0.321 e. The molecular formula is C15H24N2. The van der Waals surface area contributed by atoms with E-state index in [1.807, 2.05) is 6.07 Å². The Morgan fingerprint density at radius 3 is 2.59 bits per heavy atom. The fourth-order valence-electron chi connectivity index (χ4n) is 2.36. The number of nitrogens with one attached hydrogen (secondary N) is 1. The second-order valence-electron chi connectivity index (χ2n) is 5.55. The van der Waals surface area contributed by atoms with Crippen molar-refractivity contribution in [2.24, 2.45) is 11.7 Å². The minimum absolute atomic E-state index is 0.263. The van der Waals surface area contributed by atoms with Crippen LogP contribution in [0.3, 0.4) is 0 Å². The summed E-state index contributed by atoms with van der Waals surface area (Å²) in [5, 5.41) is 3.50. The highest BCUT2D eigenvalue weighted by Crippen LogP contribution is 2.28. The third-order valence-corrected chi connectivity index (χ3v) is 3.88. The van der Waals surface area contributed by atoms with Crippen molar-refractivity contribution in [1.82, 2.24) is 5.32 Å². The molecule has 3 N–H and O–H groups in total. The molecule has 94 valence electrons. The summed E-state index contributed by atoms with van der Waals surface area (Å²) in [6.07, 6.45) is 5.61. The van der Waals surface area contributed by atoms with Gasteiger partial charge in [0, 0.05) is 6.54 Å². The number of hydrogen-bond donors (Lipinski definition) is 2. The zero-order chi connectivity index (χ0) is 12.1. The van der Waals surface area contributed by atoms with E-state index < -0.39 is 0 Å². The van der Waals surface area contributed by atoms with Gasteiger partial charge in [-0.3, -0.25) is 0 Å². The summed E-state index contributed by atoms with van der Waals surface area (Å²) in [5.41, 5.74) is 7.28. The summed E-state index contributed by atoms with van der Waals surface area (Å²) >= 11 is 0. The van der Waals surface area contributed by atoms with Crippen LogP contribution in [-0.4, -0.2) is 13.1 Å². The van der Waals surface area contributed by atoms with Crippen LogP contribution in [0.4, 0.5) is 0 Å². The Bertz CT molecular complexity index is 328. The van der Waals surface area contributed by atoms with Gasteiger partial charge in [-0.25, -0.2) is 0 Å². The van der Waals surface area contributed by atoms with Crippen LogP contribution in [-0.2, 0) is 5.54 Å². The number of hydrogen-bond acceptors (Lipinski definition) is 2. The normalized spacial score (nSPS) is 19.6. The summed E-state index contributed by atoms with van der Waals surface area (Å²) in [6, 6.07) is 10.3. The molecular weight excluding hydrogens is 208 g/mol. The second kappa shape index (κ2) is 5.65. The van der Waals surface area contributed by atoms with Crippen molar-refractivity contribution in [2.75, 3.05) is 13.1 Å². The lowest BCUT2D eigenvalue weighted by Crippen LogP contribution is -2.43. The van der Waals surface area contributed by atoms with Crippen molar-refractivity contribution >= 4 is 0 Å². The molecule has 1 aromatic rings.